The average Bonchev–Trinajstić information content (AvgIpc) is 3.03. The Bertz CT molecular complexity index is 1150. The Morgan fingerprint density at radius 3 is 2.31 bits per heavy atom. The van der Waals surface area contributed by atoms with Crippen LogP contribution in [0.25, 0.3) is 10.9 Å². The van der Waals surface area contributed by atoms with E-state index in [1.165, 1.54) is 11.1 Å². The van der Waals surface area contributed by atoms with E-state index in [1.54, 1.807) is 0 Å². The monoisotopic (exact) mass is 383 g/mol. The number of rotatable bonds is 5. The first-order chi connectivity index (χ1) is 14.0. The number of hydrogen-bond acceptors (Lipinski definition) is 3. The van der Waals surface area contributed by atoms with Crippen molar-refractivity contribution in [1.82, 2.24) is 9.88 Å². The predicted octanol–water partition coefficient (Wildman–Crippen LogP) is 5.41. The van der Waals surface area contributed by atoms with Gasteiger partial charge in [0.25, 0.3) is 0 Å². The number of aromatic hydroxyl groups is 1. The molecule has 0 radical (unpaired) electrons. The predicted molar refractivity (Wildman–Crippen MR) is 120 cm³/mol. The molecule has 0 fully saturated rings. The van der Waals surface area contributed by atoms with Gasteiger partial charge in [-0.05, 0) is 44.8 Å². The van der Waals surface area contributed by atoms with E-state index in [-0.39, 0.29) is 5.88 Å². The molecule has 146 valence electrons. The highest BCUT2D eigenvalue weighted by Gasteiger charge is 2.18. The molecule has 2 N–H and O–H groups in total. The van der Waals surface area contributed by atoms with Crippen molar-refractivity contribution in [2.75, 3.05) is 14.1 Å². The number of para-hydroxylation sites is 1. The molecule has 0 aliphatic carbocycles. The Morgan fingerprint density at radius 1 is 0.931 bits per heavy atom. The van der Waals surface area contributed by atoms with Crippen molar-refractivity contribution in [1.29, 1.82) is 0 Å². The lowest BCUT2D eigenvalue weighted by Crippen LogP contribution is -2.10. The van der Waals surface area contributed by atoms with Crippen molar-refractivity contribution in [2.24, 2.45) is 4.99 Å². The van der Waals surface area contributed by atoms with E-state index in [2.05, 4.69) is 67.3 Å². The molecule has 0 saturated heterocycles. The zero-order valence-electron chi connectivity index (χ0n) is 17.0. The Kier molecular flexibility index (Phi) is 5.19. The highest BCUT2D eigenvalue weighted by atomic mass is 16.3. The zero-order chi connectivity index (χ0) is 20.4. The van der Waals surface area contributed by atoms with Gasteiger partial charge in [-0.25, -0.2) is 4.99 Å². The lowest BCUT2D eigenvalue weighted by Gasteiger charge is -2.11. The van der Waals surface area contributed by atoms with Gasteiger partial charge in [-0.15, -0.1) is 0 Å². The number of fused-ring (bicyclic) bond motifs is 1. The second kappa shape index (κ2) is 7.94. The molecule has 0 amide bonds. The van der Waals surface area contributed by atoms with Crippen molar-refractivity contribution in [3.05, 3.63) is 95.1 Å². The summed E-state index contributed by atoms with van der Waals surface area (Å²) in [7, 11) is 4.11. The summed E-state index contributed by atoms with van der Waals surface area (Å²) in [6, 6.07) is 24.4. The molecule has 29 heavy (non-hydrogen) atoms. The Hall–Kier alpha value is -3.37. The van der Waals surface area contributed by atoms with Gasteiger partial charge in [-0.2, -0.15) is 0 Å². The molecule has 0 saturated carbocycles. The van der Waals surface area contributed by atoms with Crippen LogP contribution in [0.2, 0.25) is 0 Å². The molecule has 4 rings (SSSR count). The number of aliphatic imine (C=N–C) groups is 1. The highest BCUT2D eigenvalue weighted by Crippen LogP contribution is 2.31. The van der Waals surface area contributed by atoms with Crippen LogP contribution in [0.4, 0.5) is 5.69 Å². The number of aryl methyl sites for hydroxylation is 1. The van der Waals surface area contributed by atoms with Gasteiger partial charge >= 0.3 is 0 Å². The van der Waals surface area contributed by atoms with Gasteiger partial charge in [0.15, 0.2) is 5.88 Å². The van der Waals surface area contributed by atoms with E-state index in [1.807, 2.05) is 36.4 Å². The summed E-state index contributed by atoms with van der Waals surface area (Å²) in [6.45, 7) is 2.95. The Labute approximate surface area is 171 Å². The topological polar surface area (TPSA) is 51.6 Å². The average molecular weight is 383 g/mol. The smallest absolute Gasteiger partial charge is 0.199 e. The number of benzene rings is 3. The summed E-state index contributed by atoms with van der Waals surface area (Å²) in [5.74, 6) is 0.134. The van der Waals surface area contributed by atoms with Crippen LogP contribution in [-0.4, -0.2) is 34.8 Å². The molecule has 4 heteroatoms. The van der Waals surface area contributed by atoms with E-state index < -0.39 is 0 Å². The van der Waals surface area contributed by atoms with Gasteiger partial charge < -0.3 is 15.0 Å². The summed E-state index contributed by atoms with van der Waals surface area (Å²) in [4.78, 5) is 10.2. The van der Waals surface area contributed by atoms with E-state index in [0.717, 1.165) is 40.0 Å². The first-order valence-corrected chi connectivity index (χ1v) is 9.71. The van der Waals surface area contributed by atoms with E-state index in [9.17, 15) is 5.11 Å². The summed E-state index contributed by atoms with van der Waals surface area (Å²) < 4.78 is 0. The molecule has 0 aliphatic heterocycles. The minimum absolute atomic E-state index is 0.134. The van der Waals surface area contributed by atoms with Crippen LogP contribution in [-0.2, 0) is 6.54 Å². The molecule has 0 spiro atoms. The molecule has 1 aromatic heterocycles. The largest absolute Gasteiger partial charge is 0.494 e. The number of aromatic nitrogens is 1. The van der Waals surface area contributed by atoms with Gasteiger partial charge in [0.1, 0.15) is 0 Å². The molecule has 4 nitrogen and oxygen atoms in total. The zero-order valence-corrected chi connectivity index (χ0v) is 17.0. The first-order valence-electron chi connectivity index (χ1n) is 9.71. The van der Waals surface area contributed by atoms with Gasteiger partial charge in [0.05, 0.1) is 17.0 Å². The fourth-order valence-electron chi connectivity index (χ4n) is 3.51. The minimum atomic E-state index is 0.134. The van der Waals surface area contributed by atoms with E-state index >= 15 is 0 Å². The molecular weight excluding hydrogens is 358 g/mol. The number of H-pyrrole nitrogens is 1. The third kappa shape index (κ3) is 4.08. The van der Waals surface area contributed by atoms with E-state index in [0.29, 0.717) is 0 Å². The summed E-state index contributed by atoms with van der Waals surface area (Å²) >= 11 is 0. The number of nitrogens with one attached hydrogen (secondary N) is 1. The fraction of sp³-hybridized carbons (Fsp3) is 0.160. The summed E-state index contributed by atoms with van der Waals surface area (Å²) in [5, 5.41) is 11.7. The molecule has 1 heterocycles. The van der Waals surface area contributed by atoms with Crippen molar-refractivity contribution in [3.8, 4) is 5.88 Å². The molecular formula is C25H25N3O. The molecule has 4 aromatic rings. The van der Waals surface area contributed by atoms with Crippen LogP contribution in [0, 0.1) is 6.92 Å². The maximum absolute atomic E-state index is 10.7. The van der Waals surface area contributed by atoms with Crippen molar-refractivity contribution in [3.63, 3.8) is 0 Å². The van der Waals surface area contributed by atoms with Crippen LogP contribution in [0.15, 0.2) is 77.8 Å². The Balaban J connectivity index is 1.86. The van der Waals surface area contributed by atoms with Crippen molar-refractivity contribution >= 4 is 22.3 Å². The van der Waals surface area contributed by atoms with Gasteiger partial charge in [-0.3, -0.25) is 0 Å². The third-order valence-corrected chi connectivity index (χ3v) is 4.92. The van der Waals surface area contributed by atoms with Crippen molar-refractivity contribution in [2.45, 2.75) is 13.5 Å². The molecule has 3 aromatic carbocycles. The quantitative estimate of drug-likeness (QED) is 0.453. The SMILES string of the molecule is Cc1ccc(C(=Nc2ccc(CN(C)C)cc2)c2c(O)[nH]c3ccccc23)cc1. The lowest BCUT2D eigenvalue weighted by atomic mass is 10.00. The molecule has 0 aliphatic rings. The van der Waals surface area contributed by atoms with E-state index in [4.69, 9.17) is 4.99 Å². The molecule has 0 unspecified atom stereocenters. The summed E-state index contributed by atoms with van der Waals surface area (Å²) in [6.07, 6.45) is 0. The number of aromatic amines is 1. The first kappa shape index (κ1) is 19.0. The van der Waals surface area contributed by atoms with Crippen LogP contribution >= 0.6 is 0 Å². The van der Waals surface area contributed by atoms with Crippen molar-refractivity contribution < 1.29 is 5.11 Å². The summed E-state index contributed by atoms with van der Waals surface area (Å²) in [5.41, 5.74) is 6.61. The van der Waals surface area contributed by atoms with Gasteiger partial charge in [0, 0.05) is 23.0 Å². The van der Waals surface area contributed by atoms with Gasteiger partial charge in [-0.1, -0.05) is 60.2 Å². The lowest BCUT2D eigenvalue weighted by molar-refractivity contribution is 0.402. The normalized spacial score (nSPS) is 12.1. The third-order valence-electron chi connectivity index (χ3n) is 4.92. The Morgan fingerprint density at radius 2 is 1.62 bits per heavy atom. The maximum Gasteiger partial charge on any atom is 0.199 e. The van der Waals surface area contributed by atoms with Crippen LogP contribution in [0.3, 0.4) is 0 Å². The highest BCUT2D eigenvalue weighted by molar-refractivity contribution is 6.21. The minimum Gasteiger partial charge on any atom is -0.494 e. The fourth-order valence-corrected chi connectivity index (χ4v) is 3.51. The van der Waals surface area contributed by atoms with Crippen LogP contribution < -0.4 is 0 Å². The maximum atomic E-state index is 10.7. The molecule has 0 bridgehead atoms. The van der Waals surface area contributed by atoms with Gasteiger partial charge in [0.2, 0.25) is 0 Å². The van der Waals surface area contributed by atoms with Crippen LogP contribution in [0.5, 0.6) is 5.88 Å². The van der Waals surface area contributed by atoms with Crippen LogP contribution in [0.1, 0.15) is 22.3 Å². The number of hydrogen-bond donors (Lipinski definition) is 2. The second-order valence-corrected chi connectivity index (χ2v) is 7.62. The second-order valence-electron chi connectivity index (χ2n) is 7.62. The number of nitrogens with zero attached hydrogens (tertiary/aromatic N) is 2. The molecule has 0 atom stereocenters. The standard InChI is InChI=1S/C25H25N3O/c1-17-8-12-19(13-9-17)24(23-21-6-4-5-7-22(21)27-25(23)29)26-20-14-10-18(11-15-20)16-28(2)3/h4-15,27,29H,16H2,1-3H3.